The molecule has 1 rings (SSSR count). The highest BCUT2D eigenvalue weighted by Crippen LogP contribution is 2.01. The van der Waals surface area contributed by atoms with Gasteiger partial charge in [-0.2, -0.15) is 0 Å². The molecule has 1 aromatic rings. The quantitative estimate of drug-likeness (QED) is 0.698. The van der Waals surface area contributed by atoms with Gasteiger partial charge in [-0.25, -0.2) is 0 Å². The maximum Gasteiger partial charge on any atom is 0.220 e. The summed E-state index contributed by atoms with van der Waals surface area (Å²) in [5.41, 5.74) is 0.577. The molecule has 0 unspecified atom stereocenters. The topological polar surface area (TPSA) is 37.3 Å². The fourth-order valence-electron chi connectivity index (χ4n) is 1.02. The van der Waals surface area contributed by atoms with Crippen LogP contribution in [0.2, 0.25) is 0 Å². The van der Waals surface area contributed by atoms with Gasteiger partial charge in [0.15, 0.2) is 5.75 Å². The van der Waals surface area contributed by atoms with E-state index in [4.69, 9.17) is 5.11 Å². The van der Waals surface area contributed by atoms with Crippen molar-refractivity contribution in [2.45, 2.75) is 13.3 Å². The summed E-state index contributed by atoms with van der Waals surface area (Å²) in [5.74, 6) is -0.202. The molecule has 2 nitrogen and oxygen atoms in total. The first kappa shape index (κ1) is 9.52. The van der Waals surface area contributed by atoms with E-state index < -0.39 is 0 Å². The average molecular weight is 176 g/mol. The van der Waals surface area contributed by atoms with Crippen LogP contribution < -0.4 is 5.43 Å². The highest BCUT2D eigenvalue weighted by Gasteiger charge is 1.93. The van der Waals surface area contributed by atoms with Gasteiger partial charge in [0, 0.05) is 0 Å². The Labute approximate surface area is 77.2 Å². The third-order valence-electron chi connectivity index (χ3n) is 1.72. The Bertz CT molecular complexity index is 367. The molecule has 2 heteroatoms. The SMILES string of the molecule is C/C=C\Cc1cccc(O)c(=O)c1. The first-order chi connectivity index (χ1) is 6.24. The Morgan fingerprint density at radius 2 is 2.23 bits per heavy atom. The van der Waals surface area contributed by atoms with Crippen molar-refractivity contribution in [3.8, 4) is 5.75 Å². The minimum absolute atomic E-state index is 0.202. The van der Waals surface area contributed by atoms with Crippen LogP contribution in [0.5, 0.6) is 5.75 Å². The molecular weight excluding hydrogens is 164 g/mol. The van der Waals surface area contributed by atoms with Gasteiger partial charge in [0.25, 0.3) is 0 Å². The van der Waals surface area contributed by atoms with Crippen LogP contribution in [0.25, 0.3) is 0 Å². The second-order valence-electron chi connectivity index (χ2n) is 2.77. The standard InChI is InChI=1S/C11H12O2/c1-2-3-5-9-6-4-7-10(12)11(13)8-9/h2-4,6-8H,5H2,1H3,(H,12,13)/b3-2-. The molecule has 0 spiro atoms. The van der Waals surface area contributed by atoms with Crippen molar-refractivity contribution in [2.24, 2.45) is 0 Å². The molecule has 0 aliphatic carbocycles. The normalized spacial score (nSPS) is 10.5. The number of hydrogen-bond acceptors (Lipinski definition) is 2. The lowest BCUT2D eigenvalue weighted by Crippen LogP contribution is -1.94. The summed E-state index contributed by atoms with van der Waals surface area (Å²) in [4.78, 5) is 11.1. The first-order valence-electron chi connectivity index (χ1n) is 4.17. The molecule has 0 radical (unpaired) electrons. The highest BCUT2D eigenvalue weighted by molar-refractivity contribution is 5.24. The minimum atomic E-state index is -0.329. The fraction of sp³-hybridized carbons (Fsp3) is 0.182. The van der Waals surface area contributed by atoms with E-state index in [9.17, 15) is 4.79 Å². The van der Waals surface area contributed by atoms with Gasteiger partial charge < -0.3 is 5.11 Å². The van der Waals surface area contributed by atoms with Crippen molar-refractivity contribution >= 4 is 0 Å². The van der Waals surface area contributed by atoms with Crippen LogP contribution in [0, 0.1) is 0 Å². The van der Waals surface area contributed by atoms with Gasteiger partial charge >= 0.3 is 0 Å². The lowest BCUT2D eigenvalue weighted by molar-refractivity contribution is 0.471. The number of aromatic hydroxyl groups is 1. The second kappa shape index (κ2) is 4.45. The van der Waals surface area contributed by atoms with E-state index in [1.54, 1.807) is 6.07 Å². The number of allylic oxidation sites excluding steroid dienone is 2. The van der Waals surface area contributed by atoms with E-state index in [-0.39, 0.29) is 11.2 Å². The molecule has 13 heavy (non-hydrogen) atoms. The fourth-order valence-corrected chi connectivity index (χ4v) is 1.02. The van der Waals surface area contributed by atoms with E-state index in [2.05, 4.69) is 0 Å². The van der Waals surface area contributed by atoms with Gasteiger partial charge in [0.05, 0.1) is 0 Å². The van der Waals surface area contributed by atoms with Gasteiger partial charge in [-0.15, -0.1) is 0 Å². The predicted octanol–water partition coefficient (Wildman–Crippen LogP) is 1.87. The Morgan fingerprint density at radius 1 is 1.46 bits per heavy atom. The van der Waals surface area contributed by atoms with Gasteiger partial charge in [-0.05, 0) is 31.0 Å². The largest absolute Gasteiger partial charge is 0.504 e. The van der Waals surface area contributed by atoms with Crippen LogP contribution >= 0.6 is 0 Å². The van der Waals surface area contributed by atoms with Crippen molar-refractivity contribution in [1.82, 2.24) is 0 Å². The number of hydrogen-bond donors (Lipinski definition) is 1. The van der Waals surface area contributed by atoms with Gasteiger partial charge in [0.1, 0.15) is 0 Å². The molecule has 68 valence electrons. The third-order valence-corrected chi connectivity index (χ3v) is 1.72. The molecule has 0 atom stereocenters. The molecule has 0 bridgehead atoms. The van der Waals surface area contributed by atoms with Crippen molar-refractivity contribution in [2.75, 3.05) is 0 Å². The molecule has 0 aromatic heterocycles. The summed E-state index contributed by atoms with van der Waals surface area (Å²) < 4.78 is 0. The second-order valence-corrected chi connectivity index (χ2v) is 2.77. The van der Waals surface area contributed by atoms with Gasteiger partial charge in [0.2, 0.25) is 5.43 Å². The molecule has 0 fully saturated rings. The lowest BCUT2D eigenvalue weighted by Gasteiger charge is -1.87. The lowest BCUT2D eigenvalue weighted by atomic mass is 10.2. The van der Waals surface area contributed by atoms with Crippen LogP contribution in [0.3, 0.4) is 0 Å². The Hall–Kier alpha value is -1.57. The van der Waals surface area contributed by atoms with Crippen molar-refractivity contribution in [3.05, 3.63) is 52.2 Å². The Balaban J connectivity index is 3.06. The molecule has 0 saturated carbocycles. The summed E-state index contributed by atoms with van der Waals surface area (Å²) in [5, 5.41) is 9.10. The predicted molar refractivity (Wildman–Crippen MR) is 52.9 cm³/mol. The number of rotatable bonds is 2. The average Bonchev–Trinajstić information content (AvgIpc) is 2.26. The molecule has 1 N–H and O–H groups in total. The van der Waals surface area contributed by atoms with Gasteiger partial charge in [-0.3, -0.25) is 4.79 Å². The Morgan fingerprint density at radius 3 is 2.92 bits per heavy atom. The monoisotopic (exact) mass is 176 g/mol. The third kappa shape index (κ3) is 2.75. The van der Waals surface area contributed by atoms with Gasteiger partial charge in [-0.1, -0.05) is 24.3 Å². The summed E-state index contributed by atoms with van der Waals surface area (Å²) in [7, 11) is 0. The van der Waals surface area contributed by atoms with Crippen molar-refractivity contribution in [1.29, 1.82) is 0 Å². The smallest absolute Gasteiger partial charge is 0.220 e. The summed E-state index contributed by atoms with van der Waals surface area (Å²) >= 11 is 0. The molecule has 0 heterocycles. The highest BCUT2D eigenvalue weighted by atomic mass is 16.3. The van der Waals surface area contributed by atoms with Crippen LogP contribution in [-0.4, -0.2) is 5.11 Å². The molecule has 0 aliphatic heterocycles. The zero-order valence-electron chi connectivity index (χ0n) is 7.53. The first-order valence-corrected chi connectivity index (χ1v) is 4.17. The van der Waals surface area contributed by atoms with Crippen LogP contribution in [0.15, 0.2) is 41.2 Å². The van der Waals surface area contributed by atoms with Crippen LogP contribution in [0.1, 0.15) is 12.5 Å². The molecule has 1 aromatic carbocycles. The zero-order valence-corrected chi connectivity index (χ0v) is 7.53. The molecule has 0 saturated heterocycles. The van der Waals surface area contributed by atoms with Crippen molar-refractivity contribution in [3.63, 3.8) is 0 Å². The Kier molecular flexibility index (Phi) is 3.26. The molecule has 0 aliphatic rings. The van der Waals surface area contributed by atoms with E-state index in [0.29, 0.717) is 0 Å². The molecular formula is C11H12O2. The van der Waals surface area contributed by atoms with E-state index in [1.165, 1.54) is 12.1 Å². The van der Waals surface area contributed by atoms with Crippen molar-refractivity contribution < 1.29 is 5.11 Å². The maximum atomic E-state index is 11.1. The summed E-state index contributed by atoms with van der Waals surface area (Å²) in [6.45, 7) is 1.93. The maximum absolute atomic E-state index is 11.1. The van der Waals surface area contributed by atoms with E-state index in [0.717, 1.165) is 12.0 Å². The van der Waals surface area contributed by atoms with Crippen LogP contribution in [0.4, 0.5) is 0 Å². The summed E-state index contributed by atoms with van der Waals surface area (Å²) in [6.07, 6.45) is 4.61. The minimum Gasteiger partial charge on any atom is -0.504 e. The zero-order chi connectivity index (χ0) is 9.68. The van der Waals surface area contributed by atoms with E-state index >= 15 is 0 Å². The summed E-state index contributed by atoms with van der Waals surface area (Å²) in [6, 6.07) is 6.35. The molecule has 0 amide bonds. The van der Waals surface area contributed by atoms with Crippen LogP contribution in [-0.2, 0) is 6.42 Å². The van der Waals surface area contributed by atoms with E-state index in [1.807, 2.05) is 25.1 Å².